The molecule has 5 nitrogen and oxygen atoms in total. The van der Waals surface area contributed by atoms with Gasteiger partial charge in [-0.3, -0.25) is 19.8 Å². The van der Waals surface area contributed by atoms with Crippen molar-refractivity contribution in [3.63, 3.8) is 0 Å². The van der Waals surface area contributed by atoms with E-state index in [4.69, 9.17) is 12.2 Å². The number of benzene rings is 1. The highest BCUT2D eigenvalue weighted by atomic mass is 79.9. The van der Waals surface area contributed by atoms with Crippen molar-refractivity contribution in [1.82, 2.24) is 9.88 Å². The smallest absolute Gasteiger partial charge is 0.270 e. The molecule has 1 aromatic carbocycles. The van der Waals surface area contributed by atoms with Crippen LogP contribution in [0.25, 0.3) is 6.08 Å². The molecular weight excluding hydrogens is 378 g/mol. The third kappa shape index (κ3) is 2.97. The van der Waals surface area contributed by atoms with E-state index in [1.165, 1.54) is 4.90 Å². The molecule has 1 saturated heterocycles. The lowest BCUT2D eigenvalue weighted by Gasteiger charge is -2.28. The molecule has 0 radical (unpaired) electrons. The van der Waals surface area contributed by atoms with E-state index < -0.39 is 11.8 Å². The third-order valence-electron chi connectivity index (χ3n) is 3.46. The first-order valence-electron chi connectivity index (χ1n) is 6.76. The van der Waals surface area contributed by atoms with Crippen molar-refractivity contribution in [1.29, 1.82) is 0 Å². The van der Waals surface area contributed by atoms with E-state index in [2.05, 4.69) is 21.2 Å². The molecular formula is C16H12BrN3O2S. The maximum atomic E-state index is 12.8. The van der Waals surface area contributed by atoms with Crippen molar-refractivity contribution in [3.8, 4) is 0 Å². The van der Waals surface area contributed by atoms with Crippen molar-refractivity contribution in [3.05, 3.63) is 58.3 Å². The summed E-state index contributed by atoms with van der Waals surface area (Å²) in [7, 11) is 1.84. The van der Waals surface area contributed by atoms with Gasteiger partial charge in [0.05, 0.1) is 5.69 Å². The second kappa shape index (κ2) is 6.10. The van der Waals surface area contributed by atoms with E-state index in [0.717, 1.165) is 10.2 Å². The quantitative estimate of drug-likeness (QED) is 0.487. The predicted octanol–water partition coefficient (Wildman–Crippen LogP) is 2.62. The Bertz CT molecular complexity index is 839. The number of thiocarbonyl (C=S) groups is 1. The highest BCUT2D eigenvalue weighted by Gasteiger charge is 2.34. The van der Waals surface area contributed by atoms with Gasteiger partial charge in [-0.05, 0) is 54.7 Å². The normalized spacial score (nSPS) is 16.9. The van der Waals surface area contributed by atoms with Gasteiger partial charge in [0.2, 0.25) is 0 Å². The van der Waals surface area contributed by atoms with Gasteiger partial charge in [-0.2, -0.15) is 0 Å². The topological polar surface area (TPSA) is 54.3 Å². The Kier molecular flexibility index (Phi) is 4.14. The molecule has 0 spiro atoms. The number of nitrogens with one attached hydrogen (secondary N) is 1. The van der Waals surface area contributed by atoms with E-state index in [9.17, 15) is 9.59 Å². The summed E-state index contributed by atoms with van der Waals surface area (Å²) in [6.45, 7) is 0. The molecule has 7 heteroatoms. The molecule has 116 valence electrons. The van der Waals surface area contributed by atoms with Gasteiger partial charge in [-0.25, -0.2) is 0 Å². The number of rotatable bonds is 2. The highest BCUT2D eigenvalue weighted by Crippen LogP contribution is 2.23. The molecule has 2 amide bonds. The van der Waals surface area contributed by atoms with Gasteiger partial charge in [0.25, 0.3) is 11.8 Å². The SMILES string of the molecule is Cn1cccc1/C=C1/C(=O)NC(=S)N(c2ccc(Br)cc2)C1=O. The monoisotopic (exact) mass is 389 g/mol. The van der Waals surface area contributed by atoms with Gasteiger partial charge in [-0.1, -0.05) is 15.9 Å². The van der Waals surface area contributed by atoms with Crippen molar-refractivity contribution in [2.24, 2.45) is 7.05 Å². The van der Waals surface area contributed by atoms with Crippen LogP contribution in [-0.2, 0) is 16.6 Å². The van der Waals surface area contributed by atoms with Crippen molar-refractivity contribution >= 4 is 56.8 Å². The fourth-order valence-electron chi connectivity index (χ4n) is 2.25. The molecule has 0 aliphatic carbocycles. The number of aryl methyl sites for hydroxylation is 1. The van der Waals surface area contributed by atoms with Gasteiger partial charge in [-0.15, -0.1) is 0 Å². The van der Waals surface area contributed by atoms with Crippen molar-refractivity contribution in [2.45, 2.75) is 0 Å². The summed E-state index contributed by atoms with van der Waals surface area (Å²) >= 11 is 8.50. The first-order chi connectivity index (χ1) is 11.0. The summed E-state index contributed by atoms with van der Waals surface area (Å²) in [5.41, 5.74) is 1.40. The van der Waals surface area contributed by atoms with Gasteiger partial charge < -0.3 is 4.57 Å². The Morgan fingerprint density at radius 2 is 1.87 bits per heavy atom. The molecule has 1 aliphatic heterocycles. The molecule has 2 heterocycles. The second-order valence-corrected chi connectivity index (χ2v) is 6.28. The zero-order valence-corrected chi connectivity index (χ0v) is 14.5. The summed E-state index contributed by atoms with van der Waals surface area (Å²) in [5.74, 6) is -0.933. The molecule has 1 fully saturated rings. The number of halogens is 1. The van der Waals surface area contributed by atoms with Crippen LogP contribution in [0.5, 0.6) is 0 Å². The second-order valence-electron chi connectivity index (χ2n) is 4.98. The average molecular weight is 390 g/mol. The van der Waals surface area contributed by atoms with Crippen LogP contribution in [0.3, 0.4) is 0 Å². The standard InChI is InChI=1S/C16H12BrN3O2S/c1-19-8-2-3-12(19)9-13-14(21)18-16(23)20(15(13)22)11-6-4-10(17)5-7-11/h2-9H,1H3,(H,18,21,23)/b13-9-. The molecule has 0 atom stereocenters. The van der Waals surface area contributed by atoms with Crippen molar-refractivity contribution in [2.75, 3.05) is 4.90 Å². The van der Waals surface area contributed by atoms with E-state index in [0.29, 0.717) is 5.69 Å². The Hall–Kier alpha value is -2.25. The number of hydrogen-bond acceptors (Lipinski definition) is 3. The lowest BCUT2D eigenvalue weighted by atomic mass is 10.1. The molecule has 0 unspecified atom stereocenters. The number of anilines is 1. The lowest BCUT2D eigenvalue weighted by molar-refractivity contribution is -0.122. The Labute approximate surface area is 146 Å². The largest absolute Gasteiger partial charge is 0.351 e. The van der Waals surface area contributed by atoms with Crippen LogP contribution in [0.1, 0.15) is 5.69 Å². The summed E-state index contributed by atoms with van der Waals surface area (Å²) < 4.78 is 2.71. The molecule has 1 aliphatic rings. The Balaban J connectivity index is 2.02. The van der Waals surface area contributed by atoms with Crippen molar-refractivity contribution < 1.29 is 9.59 Å². The molecule has 0 bridgehead atoms. The fraction of sp³-hybridized carbons (Fsp3) is 0.0625. The van der Waals surface area contributed by atoms with Crippen LogP contribution < -0.4 is 10.2 Å². The minimum absolute atomic E-state index is 0.0447. The first kappa shape index (κ1) is 15.6. The molecule has 1 N–H and O–H groups in total. The Morgan fingerprint density at radius 1 is 1.17 bits per heavy atom. The first-order valence-corrected chi connectivity index (χ1v) is 7.96. The average Bonchev–Trinajstić information content (AvgIpc) is 2.90. The number of carbonyl (C=O) groups excluding carboxylic acids is 2. The molecule has 2 aromatic rings. The van der Waals surface area contributed by atoms with Gasteiger partial charge in [0, 0.05) is 23.4 Å². The third-order valence-corrected chi connectivity index (χ3v) is 4.28. The number of carbonyl (C=O) groups is 2. The highest BCUT2D eigenvalue weighted by molar-refractivity contribution is 9.10. The fourth-order valence-corrected chi connectivity index (χ4v) is 2.80. The summed E-state index contributed by atoms with van der Waals surface area (Å²) in [6.07, 6.45) is 3.40. The number of aromatic nitrogens is 1. The number of nitrogens with zero attached hydrogens (tertiary/aromatic N) is 2. The molecule has 23 heavy (non-hydrogen) atoms. The predicted molar refractivity (Wildman–Crippen MR) is 95.8 cm³/mol. The molecule has 1 aromatic heterocycles. The van der Waals surface area contributed by atoms with Gasteiger partial charge >= 0.3 is 0 Å². The summed E-state index contributed by atoms with van der Waals surface area (Å²) in [6, 6.07) is 10.8. The van der Waals surface area contributed by atoms with Gasteiger partial charge in [0.1, 0.15) is 5.57 Å². The minimum Gasteiger partial charge on any atom is -0.351 e. The molecule has 0 saturated carbocycles. The lowest BCUT2D eigenvalue weighted by Crippen LogP contribution is -2.54. The van der Waals surface area contributed by atoms with Crippen LogP contribution in [0.2, 0.25) is 0 Å². The van der Waals surface area contributed by atoms with Gasteiger partial charge in [0.15, 0.2) is 5.11 Å². The maximum absolute atomic E-state index is 12.8. The van der Waals surface area contributed by atoms with E-state index >= 15 is 0 Å². The summed E-state index contributed by atoms with van der Waals surface area (Å²) in [4.78, 5) is 26.2. The van der Waals surface area contributed by atoms with Crippen LogP contribution in [-0.4, -0.2) is 21.5 Å². The number of amides is 2. The summed E-state index contributed by atoms with van der Waals surface area (Å²) in [5, 5.41) is 2.64. The number of hydrogen-bond donors (Lipinski definition) is 1. The minimum atomic E-state index is -0.491. The van der Waals surface area contributed by atoms with Crippen LogP contribution in [0, 0.1) is 0 Å². The van der Waals surface area contributed by atoms with Crippen LogP contribution >= 0.6 is 28.1 Å². The molecule has 3 rings (SSSR count). The maximum Gasteiger partial charge on any atom is 0.270 e. The zero-order valence-electron chi connectivity index (χ0n) is 12.1. The zero-order chi connectivity index (χ0) is 16.6. The van der Waals surface area contributed by atoms with E-state index in [1.54, 1.807) is 18.2 Å². The van der Waals surface area contributed by atoms with Crippen LogP contribution in [0.15, 0.2) is 52.6 Å². The van der Waals surface area contributed by atoms with Crippen LogP contribution in [0.4, 0.5) is 5.69 Å². The van der Waals surface area contributed by atoms with E-state index in [1.807, 2.05) is 42.1 Å². The van der Waals surface area contributed by atoms with E-state index in [-0.39, 0.29) is 10.7 Å². The Morgan fingerprint density at radius 3 is 2.48 bits per heavy atom.